The number of rotatable bonds is 3. The molecule has 0 aliphatic carbocycles. The van der Waals surface area contributed by atoms with Crippen LogP contribution in [0, 0.1) is 0 Å². The monoisotopic (exact) mass is 471 g/mol. The van der Waals surface area contributed by atoms with Crippen LogP contribution in [0.1, 0.15) is 35.2 Å². The van der Waals surface area contributed by atoms with Crippen LogP contribution in [-0.4, -0.2) is 28.7 Å². The first-order valence-corrected chi connectivity index (χ1v) is 11.1. The summed E-state index contributed by atoms with van der Waals surface area (Å²) in [6, 6.07) is 28.1. The molecule has 3 aromatic carbocycles. The van der Waals surface area contributed by atoms with Crippen LogP contribution < -0.4 is 0 Å². The van der Waals surface area contributed by atoms with Crippen molar-refractivity contribution >= 4 is 33.9 Å². The quantitative estimate of drug-likeness (QED) is 0.483. The molecule has 0 radical (unpaired) electrons. The molecule has 5 heteroatoms. The lowest BCUT2D eigenvalue weighted by molar-refractivity contribution is -0.126. The molecule has 4 nitrogen and oxygen atoms in total. The highest BCUT2D eigenvalue weighted by Crippen LogP contribution is 2.43. The van der Waals surface area contributed by atoms with Crippen molar-refractivity contribution in [2.75, 3.05) is 7.05 Å². The van der Waals surface area contributed by atoms with Crippen LogP contribution in [0.25, 0.3) is 6.08 Å². The Kier molecular flexibility index (Phi) is 5.20. The Bertz CT molecular complexity index is 1170. The van der Waals surface area contributed by atoms with Crippen LogP contribution in [0.4, 0.5) is 0 Å². The van der Waals surface area contributed by atoms with Crippen LogP contribution in [-0.2, 0) is 4.79 Å². The highest BCUT2D eigenvalue weighted by atomic mass is 79.9. The lowest BCUT2D eigenvalue weighted by atomic mass is 10.00. The summed E-state index contributed by atoms with van der Waals surface area (Å²) in [5, 5.41) is 0. The topological polar surface area (TPSA) is 35.9 Å². The molecule has 2 aliphatic rings. The summed E-state index contributed by atoms with van der Waals surface area (Å²) in [5.41, 5.74) is 4.17. The summed E-state index contributed by atoms with van der Waals surface area (Å²) in [4.78, 5) is 22.4. The van der Waals surface area contributed by atoms with Crippen molar-refractivity contribution in [1.82, 2.24) is 9.80 Å². The lowest BCUT2D eigenvalue weighted by Gasteiger charge is -2.28. The third-order valence-electron chi connectivity index (χ3n) is 5.82. The van der Waals surface area contributed by atoms with E-state index < -0.39 is 0 Å². The smallest absolute Gasteiger partial charge is 0.236 e. The molecule has 0 N–H and O–H groups in total. The van der Waals surface area contributed by atoms with E-state index in [2.05, 4.69) is 51.2 Å². The minimum absolute atomic E-state index is 0.0678. The number of benzene rings is 3. The van der Waals surface area contributed by atoms with Gasteiger partial charge < -0.3 is 4.90 Å². The van der Waals surface area contributed by atoms with Gasteiger partial charge in [-0.1, -0.05) is 94.8 Å². The molecule has 1 amide bonds. The number of likely N-dealkylation sites (N-methyl/N-ethyl adjacent to an activating group) is 1. The highest BCUT2D eigenvalue weighted by molar-refractivity contribution is 9.10. The van der Waals surface area contributed by atoms with Crippen LogP contribution in [0.3, 0.4) is 0 Å². The van der Waals surface area contributed by atoms with Gasteiger partial charge in [-0.3, -0.25) is 9.69 Å². The van der Waals surface area contributed by atoms with Gasteiger partial charge in [0.15, 0.2) is 0 Å². The van der Waals surface area contributed by atoms with Gasteiger partial charge in [0, 0.05) is 11.5 Å². The Morgan fingerprint density at radius 2 is 1.58 bits per heavy atom. The first-order chi connectivity index (χ1) is 15.1. The minimum Gasteiger partial charge on any atom is -0.333 e. The van der Waals surface area contributed by atoms with E-state index in [4.69, 9.17) is 4.99 Å². The van der Waals surface area contributed by atoms with Crippen molar-refractivity contribution < 1.29 is 4.79 Å². The Balaban J connectivity index is 1.65. The van der Waals surface area contributed by atoms with Crippen molar-refractivity contribution in [3.63, 3.8) is 0 Å². The third kappa shape index (κ3) is 3.59. The maximum absolute atomic E-state index is 13.5. The summed E-state index contributed by atoms with van der Waals surface area (Å²) in [6.07, 6.45) is 2.45. The Morgan fingerprint density at radius 3 is 2.29 bits per heavy atom. The maximum Gasteiger partial charge on any atom is 0.236 e. The van der Waals surface area contributed by atoms with Gasteiger partial charge in [0.05, 0.1) is 24.2 Å². The molecule has 0 aromatic heterocycles. The number of guanidine groups is 1. The van der Waals surface area contributed by atoms with Gasteiger partial charge in [-0.25, -0.2) is 4.99 Å². The molecule has 0 unspecified atom stereocenters. The number of hydrogen-bond acceptors (Lipinski definition) is 3. The van der Waals surface area contributed by atoms with Crippen LogP contribution in [0.15, 0.2) is 100 Å². The number of nitrogens with zero attached hydrogens (tertiary/aromatic N) is 3. The largest absolute Gasteiger partial charge is 0.333 e. The molecule has 1 fully saturated rings. The molecule has 2 heterocycles. The Morgan fingerprint density at radius 1 is 0.935 bits per heavy atom. The molecule has 2 atom stereocenters. The summed E-state index contributed by atoms with van der Waals surface area (Å²) >= 11 is 3.62. The van der Waals surface area contributed by atoms with Gasteiger partial charge in [0.2, 0.25) is 11.9 Å². The summed E-state index contributed by atoms with van der Waals surface area (Å²) in [5.74, 6) is 0.770. The van der Waals surface area contributed by atoms with Crippen LogP contribution >= 0.6 is 15.9 Å². The first-order valence-electron chi connectivity index (χ1n) is 10.3. The molecule has 0 saturated carbocycles. The molecule has 154 valence electrons. The molecule has 1 saturated heterocycles. The number of carbonyl (C=O) groups is 1. The average Bonchev–Trinajstić information content (AvgIpc) is 3.07. The number of hydrogen-bond donors (Lipinski definition) is 0. The predicted molar refractivity (Wildman–Crippen MR) is 127 cm³/mol. The van der Waals surface area contributed by atoms with E-state index in [1.54, 1.807) is 4.90 Å². The maximum atomic E-state index is 13.5. The fourth-order valence-corrected chi connectivity index (χ4v) is 4.92. The molecule has 2 aliphatic heterocycles. The zero-order valence-electron chi connectivity index (χ0n) is 17.1. The molecule has 0 bridgehead atoms. The second kappa shape index (κ2) is 8.16. The number of fused-ring (bicyclic) bond motifs is 1. The van der Waals surface area contributed by atoms with Crippen LogP contribution in [0.5, 0.6) is 0 Å². The summed E-state index contributed by atoms with van der Waals surface area (Å²) < 4.78 is 0.978. The van der Waals surface area contributed by atoms with Crippen LogP contribution in [0.2, 0.25) is 0 Å². The van der Waals surface area contributed by atoms with Gasteiger partial charge in [-0.05, 0) is 28.8 Å². The third-order valence-corrected chi connectivity index (χ3v) is 6.55. The van der Waals surface area contributed by atoms with E-state index in [1.165, 1.54) is 0 Å². The van der Waals surface area contributed by atoms with E-state index >= 15 is 0 Å². The Labute approximate surface area is 190 Å². The molecule has 3 aromatic rings. The average molecular weight is 472 g/mol. The lowest BCUT2D eigenvalue weighted by Crippen LogP contribution is -2.40. The number of aliphatic imine (C=N–C) groups is 1. The zero-order chi connectivity index (χ0) is 21.4. The molecule has 0 spiro atoms. The molecular formula is C26H22BrN3O. The van der Waals surface area contributed by atoms with Gasteiger partial charge in [-0.15, -0.1) is 0 Å². The van der Waals surface area contributed by atoms with Crippen molar-refractivity contribution in [2.45, 2.75) is 18.5 Å². The molecular weight excluding hydrogens is 450 g/mol. The van der Waals surface area contributed by atoms with Gasteiger partial charge in [-0.2, -0.15) is 0 Å². The van der Waals surface area contributed by atoms with E-state index in [9.17, 15) is 4.79 Å². The minimum atomic E-state index is -0.204. The number of carbonyl (C=O) groups excluding carboxylic acids is 1. The second-order valence-corrected chi connectivity index (χ2v) is 8.66. The van der Waals surface area contributed by atoms with E-state index in [0.717, 1.165) is 26.9 Å². The standard InChI is InChI=1S/C26H22BrN3O/c1-29-25(19-12-6-3-7-13-19)23(16-18-10-4-2-5-11-18)30-24(31)17-22(28-26(29)30)20-14-8-9-15-21(20)27/h2-16,22,25H,17H2,1H3/b23-16-/t22-,25-/m0/s1. The van der Waals surface area contributed by atoms with Crippen molar-refractivity contribution in [1.29, 1.82) is 0 Å². The fourth-order valence-electron chi connectivity index (χ4n) is 4.37. The number of halogens is 1. The van der Waals surface area contributed by atoms with Gasteiger partial charge in [0.25, 0.3) is 0 Å². The first kappa shape index (κ1) is 19.8. The predicted octanol–water partition coefficient (Wildman–Crippen LogP) is 5.81. The second-order valence-electron chi connectivity index (χ2n) is 7.80. The Hall–Kier alpha value is -3.18. The zero-order valence-corrected chi connectivity index (χ0v) is 18.7. The normalized spacial score (nSPS) is 21.9. The fraction of sp³-hybridized carbons (Fsp3) is 0.154. The summed E-state index contributed by atoms with van der Waals surface area (Å²) in [7, 11) is 2.02. The SMILES string of the molecule is CN1C2=N[C@H](c3ccccc3Br)CC(=O)N2/C(=C\c2ccccc2)[C@@H]1c1ccccc1. The highest BCUT2D eigenvalue weighted by Gasteiger charge is 2.45. The van der Waals surface area contributed by atoms with Crippen molar-refractivity contribution in [3.05, 3.63) is 112 Å². The van der Waals surface area contributed by atoms with Crippen molar-refractivity contribution in [2.24, 2.45) is 4.99 Å². The van der Waals surface area contributed by atoms with Gasteiger partial charge >= 0.3 is 0 Å². The molecule has 5 rings (SSSR count). The molecule has 31 heavy (non-hydrogen) atoms. The number of amides is 1. The van der Waals surface area contributed by atoms with E-state index in [-0.39, 0.29) is 18.0 Å². The van der Waals surface area contributed by atoms with Gasteiger partial charge in [0.1, 0.15) is 0 Å². The van der Waals surface area contributed by atoms with Crippen molar-refractivity contribution in [3.8, 4) is 0 Å². The van der Waals surface area contributed by atoms with E-state index in [0.29, 0.717) is 12.4 Å². The summed E-state index contributed by atoms with van der Waals surface area (Å²) in [6.45, 7) is 0. The van der Waals surface area contributed by atoms with E-state index in [1.807, 2.05) is 67.7 Å².